The highest BCUT2D eigenvalue weighted by atomic mass is 19.3. The molecule has 3 aliphatic rings. The van der Waals surface area contributed by atoms with E-state index in [1.807, 2.05) is 6.92 Å². The van der Waals surface area contributed by atoms with E-state index < -0.39 is 5.92 Å². The first-order valence-corrected chi connectivity index (χ1v) is 7.95. The third kappa shape index (κ3) is 2.50. The van der Waals surface area contributed by atoms with E-state index in [-0.39, 0.29) is 42.3 Å². The highest BCUT2D eigenvalue weighted by Crippen LogP contribution is 2.41. The molecule has 22 heavy (non-hydrogen) atoms. The number of ketones is 1. The van der Waals surface area contributed by atoms with E-state index in [0.717, 1.165) is 11.3 Å². The van der Waals surface area contributed by atoms with Crippen molar-refractivity contribution in [2.45, 2.75) is 45.5 Å². The van der Waals surface area contributed by atoms with Gasteiger partial charge in [-0.1, -0.05) is 6.08 Å². The summed E-state index contributed by atoms with van der Waals surface area (Å²) in [6, 6.07) is 0. The summed E-state index contributed by atoms with van der Waals surface area (Å²) in [6.07, 6.45) is 4.23. The lowest BCUT2D eigenvalue weighted by Crippen LogP contribution is -2.39. The predicted molar refractivity (Wildman–Crippen MR) is 78.1 cm³/mol. The fourth-order valence-electron chi connectivity index (χ4n) is 3.91. The lowest BCUT2D eigenvalue weighted by atomic mass is 9.85. The first-order valence-electron chi connectivity index (χ1n) is 7.95. The number of alkyl halides is 2. The Morgan fingerprint density at radius 1 is 1.23 bits per heavy atom. The van der Waals surface area contributed by atoms with Gasteiger partial charge < -0.3 is 4.90 Å². The van der Waals surface area contributed by atoms with Crippen molar-refractivity contribution in [3.63, 3.8) is 0 Å². The molecule has 3 atom stereocenters. The van der Waals surface area contributed by atoms with E-state index >= 15 is 0 Å². The van der Waals surface area contributed by atoms with Gasteiger partial charge in [-0.05, 0) is 44.3 Å². The smallest absolute Gasteiger partial charge is 0.248 e. The van der Waals surface area contributed by atoms with E-state index in [0.29, 0.717) is 19.4 Å². The zero-order chi connectivity index (χ0) is 16.1. The normalized spacial score (nSPS) is 34.4. The van der Waals surface area contributed by atoms with Crippen LogP contribution in [0.1, 0.15) is 39.5 Å². The average Bonchev–Trinajstić information content (AvgIpc) is 2.67. The van der Waals surface area contributed by atoms with Crippen LogP contribution in [-0.2, 0) is 9.59 Å². The Morgan fingerprint density at radius 3 is 2.64 bits per heavy atom. The van der Waals surface area contributed by atoms with Crippen LogP contribution in [0.5, 0.6) is 0 Å². The molecule has 3 unspecified atom stereocenters. The van der Waals surface area contributed by atoms with Crippen LogP contribution >= 0.6 is 0 Å². The van der Waals surface area contributed by atoms with E-state index in [4.69, 9.17) is 0 Å². The summed E-state index contributed by atoms with van der Waals surface area (Å²) in [7, 11) is 0. The first kappa shape index (κ1) is 15.4. The molecule has 1 saturated carbocycles. The van der Waals surface area contributed by atoms with Gasteiger partial charge in [0, 0.05) is 25.1 Å². The summed E-state index contributed by atoms with van der Waals surface area (Å²) >= 11 is 0. The lowest BCUT2D eigenvalue weighted by molar-refractivity contribution is -0.132. The molecule has 0 N–H and O–H groups in total. The quantitative estimate of drug-likeness (QED) is 0.784. The fourth-order valence-corrected chi connectivity index (χ4v) is 3.91. The van der Waals surface area contributed by atoms with Gasteiger partial charge in [0.1, 0.15) is 0 Å². The number of carbonyl (C=O) groups excluding carboxylic acids is 2. The van der Waals surface area contributed by atoms with Crippen molar-refractivity contribution in [3.8, 4) is 0 Å². The molecule has 2 aliphatic carbocycles. The van der Waals surface area contributed by atoms with Gasteiger partial charge in [0.15, 0.2) is 5.78 Å². The van der Waals surface area contributed by atoms with Crippen molar-refractivity contribution >= 4 is 11.7 Å². The van der Waals surface area contributed by atoms with Gasteiger partial charge in [0.05, 0.1) is 11.8 Å². The topological polar surface area (TPSA) is 37.4 Å². The van der Waals surface area contributed by atoms with Crippen LogP contribution in [0.25, 0.3) is 0 Å². The Balaban J connectivity index is 1.83. The molecule has 120 valence electrons. The molecule has 0 radical (unpaired) electrons. The van der Waals surface area contributed by atoms with E-state index in [2.05, 4.69) is 0 Å². The van der Waals surface area contributed by atoms with Crippen LogP contribution in [-0.4, -0.2) is 29.1 Å². The number of hydrogen-bond donors (Lipinski definition) is 0. The number of allylic oxidation sites excluding steroid dienone is 3. The molecule has 1 amide bonds. The minimum atomic E-state index is -2.62. The van der Waals surface area contributed by atoms with Crippen LogP contribution in [0.3, 0.4) is 0 Å². The number of nitrogens with zero attached hydrogens (tertiary/aromatic N) is 1. The van der Waals surface area contributed by atoms with Gasteiger partial charge in [-0.25, -0.2) is 8.78 Å². The third-order valence-corrected chi connectivity index (χ3v) is 5.14. The van der Waals surface area contributed by atoms with Crippen molar-refractivity contribution < 1.29 is 18.4 Å². The molecule has 3 rings (SSSR count). The SMILES string of the molecule is CC1C(=O)N(CC2CCCC(F)(F)C2)C2=C1C=CC(=O)C2C. The second-order valence-corrected chi connectivity index (χ2v) is 6.79. The van der Waals surface area contributed by atoms with Crippen molar-refractivity contribution in [3.05, 3.63) is 23.4 Å². The van der Waals surface area contributed by atoms with Gasteiger partial charge in [0.25, 0.3) is 0 Å². The number of carbonyl (C=O) groups is 2. The van der Waals surface area contributed by atoms with Crippen molar-refractivity contribution in [2.24, 2.45) is 17.8 Å². The Morgan fingerprint density at radius 2 is 1.95 bits per heavy atom. The molecular formula is C17H21F2NO2. The number of halogens is 2. The number of amides is 1. The van der Waals surface area contributed by atoms with Crippen molar-refractivity contribution in [1.29, 1.82) is 0 Å². The summed E-state index contributed by atoms with van der Waals surface area (Å²) in [5.41, 5.74) is 1.61. The highest BCUT2D eigenvalue weighted by molar-refractivity contribution is 5.99. The molecule has 1 fully saturated rings. The van der Waals surface area contributed by atoms with Gasteiger partial charge in [0.2, 0.25) is 11.8 Å². The highest BCUT2D eigenvalue weighted by Gasteiger charge is 2.43. The molecule has 0 spiro atoms. The summed E-state index contributed by atoms with van der Waals surface area (Å²) < 4.78 is 27.2. The van der Waals surface area contributed by atoms with Gasteiger partial charge >= 0.3 is 0 Å². The second-order valence-electron chi connectivity index (χ2n) is 6.79. The number of rotatable bonds is 2. The Bertz CT molecular complexity index is 579. The standard InChI is InChI=1S/C17H21F2NO2/c1-10-13-5-6-14(21)11(2)15(13)20(16(10)22)9-12-4-3-7-17(18,19)8-12/h5-6,10-12H,3-4,7-9H2,1-2H3. The zero-order valence-corrected chi connectivity index (χ0v) is 12.9. The Kier molecular flexibility index (Phi) is 3.69. The second kappa shape index (κ2) is 5.28. The average molecular weight is 309 g/mol. The van der Waals surface area contributed by atoms with Crippen LogP contribution in [0, 0.1) is 17.8 Å². The minimum absolute atomic E-state index is 0.0281. The molecule has 1 heterocycles. The summed E-state index contributed by atoms with van der Waals surface area (Å²) in [5.74, 6) is -3.56. The summed E-state index contributed by atoms with van der Waals surface area (Å²) in [4.78, 5) is 26.0. The van der Waals surface area contributed by atoms with Crippen molar-refractivity contribution in [2.75, 3.05) is 6.54 Å². The molecule has 0 aromatic heterocycles. The van der Waals surface area contributed by atoms with Gasteiger partial charge in [-0.15, -0.1) is 0 Å². The molecule has 5 heteroatoms. The van der Waals surface area contributed by atoms with Crippen LogP contribution in [0.15, 0.2) is 23.4 Å². The Hall–Kier alpha value is -1.52. The maximum atomic E-state index is 13.6. The fraction of sp³-hybridized carbons (Fsp3) is 0.647. The minimum Gasteiger partial charge on any atom is -0.314 e. The summed E-state index contributed by atoms with van der Waals surface area (Å²) in [5, 5.41) is 0. The van der Waals surface area contributed by atoms with Crippen molar-refractivity contribution in [1.82, 2.24) is 4.90 Å². The lowest BCUT2D eigenvalue weighted by Gasteiger charge is -2.34. The Labute approximate surface area is 129 Å². The largest absolute Gasteiger partial charge is 0.314 e. The van der Waals surface area contributed by atoms with E-state index in [9.17, 15) is 18.4 Å². The molecule has 1 aliphatic heterocycles. The molecule has 0 aromatic carbocycles. The molecule has 3 nitrogen and oxygen atoms in total. The first-order chi connectivity index (χ1) is 10.3. The van der Waals surface area contributed by atoms with Crippen LogP contribution in [0.4, 0.5) is 8.78 Å². The summed E-state index contributed by atoms with van der Waals surface area (Å²) in [6.45, 7) is 3.91. The molecular weight excluding hydrogens is 288 g/mol. The maximum Gasteiger partial charge on any atom is 0.248 e. The van der Waals surface area contributed by atoms with Gasteiger partial charge in [-0.3, -0.25) is 9.59 Å². The van der Waals surface area contributed by atoms with Gasteiger partial charge in [-0.2, -0.15) is 0 Å². The monoisotopic (exact) mass is 309 g/mol. The van der Waals surface area contributed by atoms with E-state index in [1.54, 1.807) is 17.9 Å². The third-order valence-electron chi connectivity index (χ3n) is 5.14. The zero-order valence-electron chi connectivity index (χ0n) is 12.9. The van der Waals surface area contributed by atoms with E-state index in [1.165, 1.54) is 6.08 Å². The molecule has 0 bridgehead atoms. The number of hydrogen-bond acceptors (Lipinski definition) is 2. The molecule has 0 aromatic rings. The van der Waals surface area contributed by atoms with Crippen LogP contribution < -0.4 is 0 Å². The molecule has 0 saturated heterocycles. The van der Waals surface area contributed by atoms with Crippen LogP contribution in [0.2, 0.25) is 0 Å². The predicted octanol–water partition coefficient (Wildman–Crippen LogP) is 3.32. The maximum absolute atomic E-state index is 13.6.